The SMILES string of the molecule is CC(C)C(O)CCNC(=O)Nc1ccccc1OCC1CC1. The van der Waals surface area contributed by atoms with Crippen LogP contribution < -0.4 is 15.4 Å². The first kappa shape index (κ1) is 16.6. The minimum Gasteiger partial charge on any atom is -0.491 e. The average Bonchev–Trinajstić information content (AvgIpc) is 3.30. The van der Waals surface area contributed by atoms with Crippen LogP contribution in [0.15, 0.2) is 24.3 Å². The molecule has 1 aromatic rings. The van der Waals surface area contributed by atoms with Gasteiger partial charge in [0.2, 0.25) is 0 Å². The molecule has 2 amide bonds. The largest absolute Gasteiger partial charge is 0.491 e. The predicted molar refractivity (Wildman–Crippen MR) is 87.1 cm³/mol. The molecule has 1 aromatic carbocycles. The zero-order chi connectivity index (χ0) is 15.9. The lowest BCUT2D eigenvalue weighted by atomic mass is 10.0. The van der Waals surface area contributed by atoms with Gasteiger partial charge in [0.15, 0.2) is 0 Å². The maximum absolute atomic E-state index is 11.9. The number of nitrogens with one attached hydrogen (secondary N) is 2. The first-order chi connectivity index (χ1) is 10.6. The van der Waals surface area contributed by atoms with E-state index < -0.39 is 6.10 Å². The number of anilines is 1. The van der Waals surface area contributed by atoms with Crippen LogP contribution in [0.3, 0.4) is 0 Å². The number of rotatable bonds is 8. The average molecular weight is 306 g/mol. The minimum atomic E-state index is -0.394. The summed E-state index contributed by atoms with van der Waals surface area (Å²) in [5.41, 5.74) is 0.671. The molecular weight excluding hydrogens is 280 g/mol. The Morgan fingerprint density at radius 1 is 1.36 bits per heavy atom. The molecule has 1 unspecified atom stereocenters. The van der Waals surface area contributed by atoms with Gasteiger partial charge in [-0.1, -0.05) is 26.0 Å². The van der Waals surface area contributed by atoms with E-state index in [1.165, 1.54) is 12.8 Å². The molecule has 1 atom stereocenters. The van der Waals surface area contributed by atoms with Crippen LogP contribution in [0, 0.1) is 11.8 Å². The molecule has 5 nitrogen and oxygen atoms in total. The van der Waals surface area contributed by atoms with Gasteiger partial charge in [-0.25, -0.2) is 4.79 Å². The van der Waals surface area contributed by atoms with Crippen LogP contribution in [-0.2, 0) is 0 Å². The second-order valence-corrected chi connectivity index (χ2v) is 6.23. The van der Waals surface area contributed by atoms with E-state index >= 15 is 0 Å². The Labute approximate surface area is 132 Å². The Balaban J connectivity index is 1.77. The van der Waals surface area contributed by atoms with Crippen molar-refractivity contribution >= 4 is 11.7 Å². The molecule has 1 fully saturated rings. The lowest BCUT2D eigenvalue weighted by molar-refractivity contribution is 0.117. The van der Waals surface area contributed by atoms with Gasteiger partial charge < -0.3 is 20.5 Å². The summed E-state index contributed by atoms with van der Waals surface area (Å²) in [6, 6.07) is 7.16. The predicted octanol–water partition coefficient (Wildman–Crippen LogP) is 3.00. The topological polar surface area (TPSA) is 70.6 Å². The number of ether oxygens (including phenoxy) is 1. The Kier molecular flexibility index (Phi) is 6.07. The first-order valence-corrected chi connectivity index (χ1v) is 8.01. The molecule has 3 N–H and O–H groups in total. The summed E-state index contributed by atoms with van der Waals surface area (Å²) in [5, 5.41) is 15.3. The summed E-state index contributed by atoms with van der Waals surface area (Å²) in [5.74, 6) is 1.56. The third-order valence-electron chi connectivity index (χ3n) is 3.80. The van der Waals surface area contributed by atoms with Crippen molar-refractivity contribution in [3.8, 4) is 5.75 Å². The molecule has 5 heteroatoms. The van der Waals surface area contributed by atoms with Crippen LogP contribution in [0.25, 0.3) is 0 Å². The van der Waals surface area contributed by atoms with Crippen molar-refractivity contribution < 1.29 is 14.6 Å². The molecule has 0 aliphatic heterocycles. The molecule has 2 rings (SSSR count). The molecule has 1 aliphatic rings. The molecule has 1 aliphatic carbocycles. The highest BCUT2D eigenvalue weighted by Gasteiger charge is 2.22. The quantitative estimate of drug-likeness (QED) is 0.691. The summed E-state index contributed by atoms with van der Waals surface area (Å²) in [7, 11) is 0. The monoisotopic (exact) mass is 306 g/mol. The van der Waals surface area contributed by atoms with E-state index in [2.05, 4.69) is 10.6 Å². The van der Waals surface area contributed by atoms with Crippen molar-refractivity contribution in [1.82, 2.24) is 5.32 Å². The van der Waals surface area contributed by atoms with Gasteiger partial charge in [-0.15, -0.1) is 0 Å². The number of hydrogen-bond acceptors (Lipinski definition) is 3. The summed E-state index contributed by atoms with van der Waals surface area (Å²) in [6.45, 7) is 5.06. The van der Waals surface area contributed by atoms with Crippen LogP contribution in [0.4, 0.5) is 10.5 Å². The molecule has 0 aromatic heterocycles. The van der Waals surface area contributed by atoms with Gasteiger partial charge in [0.25, 0.3) is 0 Å². The van der Waals surface area contributed by atoms with Gasteiger partial charge in [-0.05, 0) is 43.2 Å². The zero-order valence-corrected chi connectivity index (χ0v) is 13.3. The number of benzene rings is 1. The van der Waals surface area contributed by atoms with Crippen LogP contribution in [-0.4, -0.2) is 30.4 Å². The van der Waals surface area contributed by atoms with E-state index in [9.17, 15) is 9.90 Å². The summed E-state index contributed by atoms with van der Waals surface area (Å²) >= 11 is 0. The van der Waals surface area contributed by atoms with Crippen LogP contribution >= 0.6 is 0 Å². The van der Waals surface area contributed by atoms with Gasteiger partial charge in [0.1, 0.15) is 5.75 Å². The Morgan fingerprint density at radius 3 is 2.77 bits per heavy atom. The number of amides is 2. The maximum atomic E-state index is 11.9. The van der Waals surface area contributed by atoms with Crippen LogP contribution in [0.1, 0.15) is 33.1 Å². The fourth-order valence-electron chi connectivity index (χ4n) is 2.02. The lowest BCUT2D eigenvalue weighted by Gasteiger charge is -2.15. The number of hydrogen-bond donors (Lipinski definition) is 3. The Hall–Kier alpha value is -1.75. The first-order valence-electron chi connectivity index (χ1n) is 8.01. The number of para-hydroxylation sites is 2. The zero-order valence-electron chi connectivity index (χ0n) is 13.3. The van der Waals surface area contributed by atoms with Crippen molar-refractivity contribution in [3.63, 3.8) is 0 Å². The molecule has 122 valence electrons. The van der Waals surface area contributed by atoms with E-state index in [0.717, 1.165) is 0 Å². The molecule has 0 saturated heterocycles. The van der Waals surface area contributed by atoms with Crippen molar-refractivity contribution in [2.75, 3.05) is 18.5 Å². The fourth-order valence-corrected chi connectivity index (χ4v) is 2.02. The minimum absolute atomic E-state index is 0.196. The summed E-state index contributed by atoms with van der Waals surface area (Å²) in [4.78, 5) is 11.9. The van der Waals surface area contributed by atoms with E-state index in [0.29, 0.717) is 36.9 Å². The molecule has 0 bridgehead atoms. The van der Waals surface area contributed by atoms with Crippen molar-refractivity contribution in [2.24, 2.45) is 11.8 Å². The summed E-state index contributed by atoms with van der Waals surface area (Å²) in [6.07, 6.45) is 2.61. The molecular formula is C17H26N2O3. The van der Waals surface area contributed by atoms with E-state index in [4.69, 9.17) is 4.74 Å². The number of urea groups is 1. The van der Waals surface area contributed by atoms with Gasteiger partial charge in [0, 0.05) is 6.54 Å². The number of carbonyl (C=O) groups is 1. The highest BCUT2D eigenvalue weighted by molar-refractivity contribution is 5.90. The van der Waals surface area contributed by atoms with E-state index in [1.54, 1.807) is 0 Å². The highest BCUT2D eigenvalue weighted by Crippen LogP contribution is 2.31. The van der Waals surface area contributed by atoms with Gasteiger partial charge in [0.05, 0.1) is 18.4 Å². The molecule has 22 heavy (non-hydrogen) atoms. The maximum Gasteiger partial charge on any atom is 0.319 e. The van der Waals surface area contributed by atoms with Gasteiger partial charge in [-0.3, -0.25) is 0 Å². The second kappa shape index (κ2) is 8.03. The lowest BCUT2D eigenvalue weighted by Crippen LogP contribution is -2.32. The molecule has 0 heterocycles. The second-order valence-electron chi connectivity index (χ2n) is 6.23. The standard InChI is InChI=1S/C17H26N2O3/c1-12(2)15(20)9-10-18-17(21)19-14-5-3-4-6-16(14)22-11-13-7-8-13/h3-6,12-13,15,20H,7-11H2,1-2H3,(H2,18,19,21). The number of aliphatic hydroxyl groups excluding tert-OH is 1. The van der Waals surface area contributed by atoms with Gasteiger partial charge in [-0.2, -0.15) is 0 Å². The van der Waals surface area contributed by atoms with Crippen LogP contribution in [0.5, 0.6) is 5.75 Å². The van der Waals surface area contributed by atoms with Gasteiger partial charge >= 0.3 is 6.03 Å². The third-order valence-corrected chi connectivity index (χ3v) is 3.80. The Morgan fingerprint density at radius 2 is 2.09 bits per heavy atom. The fraction of sp³-hybridized carbons (Fsp3) is 0.588. The highest BCUT2D eigenvalue weighted by atomic mass is 16.5. The molecule has 0 radical (unpaired) electrons. The van der Waals surface area contributed by atoms with Crippen molar-refractivity contribution in [2.45, 2.75) is 39.2 Å². The van der Waals surface area contributed by atoms with Crippen LogP contribution in [0.2, 0.25) is 0 Å². The smallest absolute Gasteiger partial charge is 0.319 e. The van der Waals surface area contributed by atoms with E-state index in [-0.39, 0.29) is 11.9 Å². The van der Waals surface area contributed by atoms with Crippen molar-refractivity contribution in [3.05, 3.63) is 24.3 Å². The molecule has 0 spiro atoms. The summed E-state index contributed by atoms with van der Waals surface area (Å²) < 4.78 is 5.75. The third kappa shape index (κ3) is 5.56. The molecule has 1 saturated carbocycles. The van der Waals surface area contributed by atoms with Crippen molar-refractivity contribution in [1.29, 1.82) is 0 Å². The number of aliphatic hydroxyl groups is 1. The van der Waals surface area contributed by atoms with E-state index in [1.807, 2.05) is 38.1 Å². The normalized spacial score (nSPS) is 15.5. The number of carbonyl (C=O) groups excluding carboxylic acids is 1. The Bertz CT molecular complexity index is 487.